The van der Waals surface area contributed by atoms with Crippen LogP contribution in [0.2, 0.25) is 0 Å². The third kappa shape index (κ3) is 2.66. The summed E-state index contributed by atoms with van der Waals surface area (Å²) in [7, 11) is 0. The molecule has 0 aliphatic heterocycles. The summed E-state index contributed by atoms with van der Waals surface area (Å²) in [5.41, 5.74) is -0.749. The molecule has 0 amide bonds. The summed E-state index contributed by atoms with van der Waals surface area (Å²) >= 11 is 0. The van der Waals surface area contributed by atoms with Crippen molar-refractivity contribution in [3.8, 4) is 0 Å². The van der Waals surface area contributed by atoms with Gasteiger partial charge in [-0.05, 0) is 17.7 Å². The number of hydrogen-bond donors (Lipinski definition) is 1. The van der Waals surface area contributed by atoms with Crippen LogP contribution >= 0.6 is 0 Å². The lowest BCUT2D eigenvalue weighted by Gasteiger charge is -2.14. The van der Waals surface area contributed by atoms with Crippen molar-refractivity contribution < 1.29 is 23.2 Å². The van der Waals surface area contributed by atoms with Crippen molar-refractivity contribution in [2.75, 3.05) is 0 Å². The quantitative estimate of drug-likeness (QED) is 0.615. The molecule has 0 fully saturated rings. The molecule has 0 radical (unpaired) electrons. The zero-order valence-electron chi connectivity index (χ0n) is 7.23. The average Bonchev–Trinajstić information content (AvgIpc) is 2.15. The van der Waals surface area contributed by atoms with Crippen LogP contribution in [-0.2, 0) is 0 Å². The molecule has 0 bridgehead atoms. The lowest BCUT2D eigenvalue weighted by Crippen LogP contribution is -2.20. The first kappa shape index (κ1) is 11.4. The number of aliphatic hydroxyl groups excluding tert-OH is 1. The SMILES string of the molecule is O=[N+]([O-])c1ccc([C@@H](O)C(F)(F)F)cc1. The minimum Gasteiger partial charge on any atom is -0.379 e. The van der Waals surface area contributed by atoms with Crippen LogP contribution < -0.4 is 0 Å². The predicted octanol–water partition coefficient (Wildman–Crippen LogP) is 2.19. The van der Waals surface area contributed by atoms with Gasteiger partial charge in [-0.2, -0.15) is 13.2 Å². The zero-order valence-corrected chi connectivity index (χ0v) is 7.23. The van der Waals surface area contributed by atoms with E-state index in [2.05, 4.69) is 0 Å². The van der Waals surface area contributed by atoms with E-state index in [1.54, 1.807) is 0 Å². The Balaban J connectivity index is 2.94. The van der Waals surface area contributed by atoms with Crippen molar-refractivity contribution in [3.63, 3.8) is 0 Å². The molecule has 0 unspecified atom stereocenters. The van der Waals surface area contributed by atoms with Crippen molar-refractivity contribution in [2.45, 2.75) is 12.3 Å². The number of alkyl halides is 3. The maximum absolute atomic E-state index is 12.0. The highest BCUT2D eigenvalue weighted by Crippen LogP contribution is 2.32. The van der Waals surface area contributed by atoms with E-state index in [1.165, 1.54) is 0 Å². The van der Waals surface area contributed by atoms with Gasteiger partial charge in [0.25, 0.3) is 5.69 Å². The van der Waals surface area contributed by atoms with Crippen LogP contribution in [0.1, 0.15) is 11.7 Å². The van der Waals surface area contributed by atoms with Gasteiger partial charge in [0, 0.05) is 12.1 Å². The Morgan fingerprint density at radius 3 is 2.07 bits per heavy atom. The number of aliphatic hydroxyl groups is 1. The topological polar surface area (TPSA) is 63.4 Å². The summed E-state index contributed by atoms with van der Waals surface area (Å²) in [5, 5.41) is 19.0. The molecule has 0 saturated carbocycles. The maximum atomic E-state index is 12.0. The van der Waals surface area contributed by atoms with Crippen molar-refractivity contribution >= 4 is 5.69 Å². The van der Waals surface area contributed by atoms with E-state index in [0.29, 0.717) is 0 Å². The van der Waals surface area contributed by atoms with E-state index in [-0.39, 0.29) is 5.69 Å². The minimum atomic E-state index is -4.77. The van der Waals surface area contributed by atoms with Gasteiger partial charge in [0.1, 0.15) is 0 Å². The van der Waals surface area contributed by atoms with Crippen molar-refractivity contribution in [3.05, 3.63) is 39.9 Å². The molecule has 1 aromatic rings. The molecular formula is C8H6F3NO3. The maximum Gasteiger partial charge on any atom is 0.418 e. The number of non-ortho nitro benzene ring substituents is 1. The van der Waals surface area contributed by atoms with Crippen LogP contribution in [-0.4, -0.2) is 16.2 Å². The molecule has 0 aliphatic carbocycles. The van der Waals surface area contributed by atoms with E-state index in [0.717, 1.165) is 24.3 Å². The van der Waals surface area contributed by atoms with Crippen molar-refractivity contribution in [1.29, 1.82) is 0 Å². The second-order valence-electron chi connectivity index (χ2n) is 2.79. The Labute approximate surface area is 82.1 Å². The fourth-order valence-corrected chi connectivity index (χ4v) is 0.967. The molecule has 4 nitrogen and oxygen atoms in total. The van der Waals surface area contributed by atoms with E-state index in [4.69, 9.17) is 5.11 Å². The molecule has 1 N–H and O–H groups in total. The monoisotopic (exact) mass is 221 g/mol. The molecular weight excluding hydrogens is 215 g/mol. The third-order valence-corrected chi connectivity index (χ3v) is 1.73. The van der Waals surface area contributed by atoms with Gasteiger partial charge in [0.05, 0.1) is 4.92 Å². The number of halogens is 3. The van der Waals surface area contributed by atoms with Crippen LogP contribution in [0.3, 0.4) is 0 Å². The third-order valence-electron chi connectivity index (χ3n) is 1.73. The molecule has 0 aliphatic rings. The number of hydrogen-bond acceptors (Lipinski definition) is 3. The molecule has 1 aromatic carbocycles. The molecule has 7 heteroatoms. The van der Waals surface area contributed by atoms with Crippen LogP contribution in [0.25, 0.3) is 0 Å². The highest BCUT2D eigenvalue weighted by atomic mass is 19.4. The van der Waals surface area contributed by atoms with Gasteiger partial charge in [0.15, 0.2) is 6.10 Å². The van der Waals surface area contributed by atoms with Crippen LogP contribution in [0.5, 0.6) is 0 Å². The van der Waals surface area contributed by atoms with E-state index in [1.807, 2.05) is 0 Å². The summed E-state index contributed by atoms with van der Waals surface area (Å²) in [6.07, 6.45) is -7.38. The van der Waals surface area contributed by atoms with Crippen LogP contribution in [0.4, 0.5) is 18.9 Å². The fraction of sp³-hybridized carbons (Fsp3) is 0.250. The largest absolute Gasteiger partial charge is 0.418 e. The average molecular weight is 221 g/mol. The molecule has 0 saturated heterocycles. The zero-order chi connectivity index (χ0) is 11.6. The Morgan fingerprint density at radius 1 is 1.27 bits per heavy atom. The first-order valence-corrected chi connectivity index (χ1v) is 3.81. The number of nitrogens with zero attached hydrogens (tertiary/aromatic N) is 1. The predicted molar refractivity (Wildman–Crippen MR) is 44.1 cm³/mol. The molecule has 0 aromatic heterocycles. The summed E-state index contributed by atoms with van der Waals surface area (Å²) in [6, 6.07) is 3.56. The lowest BCUT2D eigenvalue weighted by molar-refractivity contribution is -0.384. The highest BCUT2D eigenvalue weighted by Gasteiger charge is 2.39. The normalized spacial score (nSPS) is 13.6. The second-order valence-corrected chi connectivity index (χ2v) is 2.79. The Hall–Kier alpha value is -1.63. The van der Waals surface area contributed by atoms with Gasteiger partial charge < -0.3 is 5.11 Å². The highest BCUT2D eigenvalue weighted by molar-refractivity contribution is 5.34. The smallest absolute Gasteiger partial charge is 0.379 e. The Kier molecular flexibility index (Phi) is 2.94. The number of benzene rings is 1. The van der Waals surface area contributed by atoms with Crippen molar-refractivity contribution in [1.82, 2.24) is 0 Å². The molecule has 1 atom stereocenters. The fourth-order valence-electron chi connectivity index (χ4n) is 0.967. The van der Waals surface area contributed by atoms with Gasteiger partial charge in [-0.15, -0.1) is 0 Å². The van der Waals surface area contributed by atoms with Crippen LogP contribution in [0.15, 0.2) is 24.3 Å². The lowest BCUT2D eigenvalue weighted by atomic mass is 10.1. The van der Waals surface area contributed by atoms with E-state index < -0.39 is 22.8 Å². The first-order valence-electron chi connectivity index (χ1n) is 3.81. The Morgan fingerprint density at radius 2 is 1.73 bits per heavy atom. The van der Waals surface area contributed by atoms with Gasteiger partial charge >= 0.3 is 6.18 Å². The number of nitro benzene ring substituents is 1. The first-order chi connectivity index (χ1) is 6.82. The van der Waals surface area contributed by atoms with Gasteiger partial charge in [-0.25, -0.2) is 0 Å². The molecule has 0 heterocycles. The van der Waals surface area contributed by atoms with Gasteiger partial charge in [-0.3, -0.25) is 10.1 Å². The summed E-state index contributed by atoms with van der Waals surface area (Å²) in [6.45, 7) is 0. The summed E-state index contributed by atoms with van der Waals surface area (Å²) < 4.78 is 36.0. The molecule has 82 valence electrons. The summed E-state index contributed by atoms with van der Waals surface area (Å²) in [5.74, 6) is 0. The Bertz CT molecular complexity index is 360. The number of nitro groups is 1. The van der Waals surface area contributed by atoms with Crippen molar-refractivity contribution in [2.24, 2.45) is 0 Å². The second kappa shape index (κ2) is 3.85. The van der Waals surface area contributed by atoms with E-state index in [9.17, 15) is 23.3 Å². The molecule has 1 rings (SSSR count). The van der Waals surface area contributed by atoms with Gasteiger partial charge in [0.2, 0.25) is 0 Å². The van der Waals surface area contributed by atoms with Gasteiger partial charge in [-0.1, -0.05) is 0 Å². The number of rotatable bonds is 2. The molecule has 15 heavy (non-hydrogen) atoms. The molecule has 0 spiro atoms. The standard InChI is InChI=1S/C8H6F3NO3/c9-8(10,11)7(13)5-1-3-6(4-2-5)12(14)15/h1-4,7,13H/t7-/m1/s1. The van der Waals surface area contributed by atoms with Crippen LogP contribution in [0, 0.1) is 10.1 Å². The van der Waals surface area contributed by atoms with E-state index >= 15 is 0 Å². The minimum absolute atomic E-state index is 0.326. The summed E-state index contributed by atoms with van der Waals surface area (Å²) in [4.78, 5) is 9.47.